The maximum Gasteiger partial charge on any atom is 0.220 e. The van der Waals surface area contributed by atoms with E-state index in [0.29, 0.717) is 25.8 Å². The van der Waals surface area contributed by atoms with Gasteiger partial charge in [0.25, 0.3) is 0 Å². The van der Waals surface area contributed by atoms with Crippen molar-refractivity contribution in [2.75, 3.05) is 6.54 Å². The van der Waals surface area contributed by atoms with Crippen LogP contribution in [0.25, 0.3) is 0 Å². The Hall–Kier alpha value is -1.53. The van der Waals surface area contributed by atoms with E-state index >= 15 is 0 Å². The molecule has 0 aromatic carbocycles. The number of carbonyl (C=O) groups excluding carboxylic acids is 2. The van der Waals surface area contributed by atoms with E-state index in [1.807, 2.05) is 29.8 Å². The number of hydrogen-bond acceptors (Lipinski definition) is 5. The highest BCUT2D eigenvalue weighted by atomic mass is 32.1. The first kappa shape index (κ1) is 15.9. The molecule has 21 heavy (non-hydrogen) atoms. The summed E-state index contributed by atoms with van der Waals surface area (Å²) in [6, 6.07) is 3.69. The fourth-order valence-corrected chi connectivity index (χ4v) is 3.25. The number of thiazole rings is 1. The van der Waals surface area contributed by atoms with E-state index in [-0.39, 0.29) is 11.7 Å². The average molecular weight is 322 g/mol. The molecular weight excluding hydrogens is 304 g/mol. The summed E-state index contributed by atoms with van der Waals surface area (Å²) in [6.45, 7) is 2.57. The predicted molar refractivity (Wildman–Crippen MR) is 86.1 cm³/mol. The van der Waals surface area contributed by atoms with Crippen molar-refractivity contribution in [2.45, 2.75) is 32.6 Å². The fraction of sp³-hybridized carbons (Fsp3) is 0.400. The van der Waals surface area contributed by atoms with Crippen LogP contribution in [0.4, 0.5) is 0 Å². The van der Waals surface area contributed by atoms with Crippen LogP contribution in [0.2, 0.25) is 0 Å². The lowest BCUT2D eigenvalue weighted by Gasteiger charge is -2.03. The van der Waals surface area contributed by atoms with Gasteiger partial charge < -0.3 is 5.32 Å². The van der Waals surface area contributed by atoms with Crippen LogP contribution in [0.5, 0.6) is 0 Å². The number of hydrogen-bond donors (Lipinski definition) is 1. The van der Waals surface area contributed by atoms with Crippen LogP contribution in [-0.2, 0) is 11.2 Å². The van der Waals surface area contributed by atoms with E-state index < -0.39 is 0 Å². The number of ketones is 1. The predicted octanol–water partition coefficient (Wildman–Crippen LogP) is 3.22. The average Bonchev–Trinajstić information content (AvgIpc) is 3.10. The lowest BCUT2D eigenvalue weighted by atomic mass is 10.1. The van der Waals surface area contributed by atoms with Gasteiger partial charge in [-0.3, -0.25) is 9.59 Å². The summed E-state index contributed by atoms with van der Waals surface area (Å²) in [6.07, 6.45) is 2.18. The molecule has 0 aliphatic rings. The molecule has 0 saturated heterocycles. The second-order valence-corrected chi connectivity index (χ2v) is 6.72. The smallest absolute Gasteiger partial charge is 0.220 e. The molecule has 0 unspecified atom stereocenters. The Labute approximate surface area is 132 Å². The molecule has 0 spiro atoms. The Morgan fingerprint density at radius 1 is 1.29 bits per heavy atom. The van der Waals surface area contributed by atoms with E-state index in [0.717, 1.165) is 22.0 Å². The second kappa shape index (κ2) is 8.05. The van der Waals surface area contributed by atoms with Gasteiger partial charge in [-0.1, -0.05) is 6.07 Å². The number of aryl methyl sites for hydroxylation is 1. The number of nitrogens with zero attached hydrogens (tertiary/aromatic N) is 1. The maximum absolute atomic E-state index is 11.8. The Bertz CT molecular complexity index is 591. The molecule has 0 radical (unpaired) electrons. The van der Waals surface area contributed by atoms with Crippen LogP contribution < -0.4 is 5.32 Å². The molecule has 4 nitrogen and oxygen atoms in total. The molecule has 0 atom stereocenters. The van der Waals surface area contributed by atoms with E-state index in [4.69, 9.17) is 0 Å². The van der Waals surface area contributed by atoms with Crippen LogP contribution in [-0.4, -0.2) is 23.2 Å². The van der Waals surface area contributed by atoms with Crippen LogP contribution in [0.1, 0.15) is 39.6 Å². The van der Waals surface area contributed by atoms with Crippen LogP contribution >= 0.6 is 22.7 Å². The molecule has 0 aliphatic carbocycles. The van der Waals surface area contributed by atoms with Crippen molar-refractivity contribution in [3.05, 3.63) is 38.5 Å². The monoisotopic (exact) mass is 322 g/mol. The quantitative estimate of drug-likeness (QED) is 0.759. The molecule has 2 aromatic heterocycles. The third-order valence-electron chi connectivity index (χ3n) is 2.97. The first-order valence-electron chi connectivity index (χ1n) is 6.89. The molecule has 0 saturated carbocycles. The van der Waals surface area contributed by atoms with Crippen LogP contribution in [0.3, 0.4) is 0 Å². The standard InChI is InChI=1S/C15H18N2O2S2/c1-11-17-12(10-21-11)7-8-16-15(19)6-2-4-13(18)14-5-3-9-20-14/h3,5,9-10H,2,4,6-8H2,1H3,(H,16,19). The SMILES string of the molecule is Cc1nc(CCNC(=O)CCCC(=O)c2cccs2)cs1. The normalized spacial score (nSPS) is 10.5. The molecule has 1 amide bonds. The molecule has 112 valence electrons. The highest BCUT2D eigenvalue weighted by Gasteiger charge is 2.08. The molecule has 2 rings (SSSR count). The van der Waals surface area contributed by atoms with Gasteiger partial charge in [-0.25, -0.2) is 4.98 Å². The minimum Gasteiger partial charge on any atom is -0.356 e. The molecule has 0 aliphatic heterocycles. The van der Waals surface area contributed by atoms with Crippen molar-refractivity contribution in [3.8, 4) is 0 Å². The lowest BCUT2D eigenvalue weighted by molar-refractivity contribution is -0.121. The largest absolute Gasteiger partial charge is 0.356 e. The third kappa shape index (κ3) is 5.40. The van der Waals surface area contributed by atoms with E-state index in [2.05, 4.69) is 10.3 Å². The second-order valence-electron chi connectivity index (χ2n) is 4.71. The number of amides is 1. The van der Waals surface area contributed by atoms with Crippen molar-refractivity contribution >= 4 is 34.4 Å². The number of thiophene rings is 1. The maximum atomic E-state index is 11.8. The first-order valence-corrected chi connectivity index (χ1v) is 8.65. The van der Waals surface area contributed by atoms with Gasteiger partial charge in [-0.05, 0) is 24.8 Å². The summed E-state index contributed by atoms with van der Waals surface area (Å²) in [4.78, 5) is 28.5. The minimum atomic E-state index is 0.000862. The van der Waals surface area contributed by atoms with Gasteiger partial charge in [0, 0.05) is 31.2 Å². The van der Waals surface area contributed by atoms with Crippen molar-refractivity contribution in [2.24, 2.45) is 0 Å². The zero-order chi connectivity index (χ0) is 15.1. The number of aromatic nitrogens is 1. The minimum absolute atomic E-state index is 0.000862. The van der Waals surface area contributed by atoms with Gasteiger partial charge in [0.1, 0.15) is 0 Å². The summed E-state index contributed by atoms with van der Waals surface area (Å²) in [5, 5.41) is 7.81. The number of Topliss-reactive ketones (excluding diaryl/α,β-unsaturated/α-hetero) is 1. The van der Waals surface area contributed by atoms with Crippen molar-refractivity contribution in [1.29, 1.82) is 0 Å². The lowest BCUT2D eigenvalue weighted by Crippen LogP contribution is -2.25. The molecule has 1 N–H and O–H groups in total. The topological polar surface area (TPSA) is 59.1 Å². The highest BCUT2D eigenvalue weighted by Crippen LogP contribution is 2.13. The zero-order valence-corrected chi connectivity index (χ0v) is 13.6. The van der Waals surface area contributed by atoms with Crippen molar-refractivity contribution < 1.29 is 9.59 Å². The molecular formula is C15H18N2O2S2. The third-order valence-corrected chi connectivity index (χ3v) is 4.71. The van der Waals surface area contributed by atoms with Crippen LogP contribution in [0.15, 0.2) is 22.9 Å². The van der Waals surface area contributed by atoms with Gasteiger partial charge in [-0.2, -0.15) is 0 Å². The van der Waals surface area contributed by atoms with E-state index in [1.54, 1.807) is 11.3 Å². The molecule has 0 bridgehead atoms. The number of rotatable bonds is 8. The molecule has 2 aromatic rings. The fourth-order valence-electron chi connectivity index (χ4n) is 1.91. The van der Waals surface area contributed by atoms with E-state index in [9.17, 15) is 9.59 Å². The summed E-state index contributed by atoms with van der Waals surface area (Å²) >= 11 is 3.07. The molecule has 0 fully saturated rings. The highest BCUT2D eigenvalue weighted by molar-refractivity contribution is 7.12. The summed E-state index contributed by atoms with van der Waals surface area (Å²) in [5.74, 6) is 0.122. The van der Waals surface area contributed by atoms with E-state index in [1.165, 1.54) is 11.3 Å². The molecule has 2 heterocycles. The van der Waals surface area contributed by atoms with Gasteiger partial charge in [-0.15, -0.1) is 22.7 Å². The number of nitrogens with one attached hydrogen (secondary N) is 1. The van der Waals surface area contributed by atoms with Gasteiger partial charge in [0.15, 0.2) is 5.78 Å². The Morgan fingerprint density at radius 3 is 2.81 bits per heavy atom. The van der Waals surface area contributed by atoms with Gasteiger partial charge >= 0.3 is 0 Å². The van der Waals surface area contributed by atoms with Crippen molar-refractivity contribution in [3.63, 3.8) is 0 Å². The Morgan fingerprint density at radius 2 is 2.14 bits per heavy atom. The first-order chi connectivity index (χ1) is 10.1. The summed E-state index contributed by atoms with van der Waals surface area (Å²) in [7, 11) is 0. The Kier molecular flexibility index (Phi) is 6.07. The van der Waals surface area contributed by atoms with Gasteiger partial charge in [0.05, 0.1) is 15.6 Å². The van der Waals surface area contributed by atoms with Crippen LogP contribution in [0, 0.1) is 6.92 Å². The summed E-state index contributed by atoms with van der Waals surface area (Å²) < 4.78 is 0. The zero-order valence-electron chi connectivity index (χ0n) is 11.9. The van der Waals surface area contributed by atoms with Crippen molar-refractivity contribution in [1.82, 2.24) is 10.3 Å². The molecule has 6 heteroatoms. The van der Waals surface area contributed by atoms with Gasteiger partial charge in [0.2, 0.25) is 5.91 Å². The number of carbonyl (C=O) groups is 2. The Balaban J connectivity index is 1.58. The summed E-state index contributed by atoms with van der Waals surface area (Å²) in [5.41, 5.74) is 1.02.